The lowest BCUT2D eigenvalue weighted by atomic mass is 9.94. The molecule has 3 unspecified atom stereocenters. The lowest BCUT2D eigenvalue weighted by Gasteiger charge is -2.13. The van der Waals surface area contributed by atoms with Crippen molar-refractivity contribution in [3.63, 3.8) is 0 Å². The fraction of sp³-hybridized carbons (Fsp3) is 0.333. The van der Waals surface area contributed by atoms with E-state index in [0.717, 1.165) is 29.5 Å². The van der Waals surface area contributed by atoms with Crippen molar-refractivity contribution in [2.75, 3.05) is 0 Å². The van der Waals surface area contributed by atoms with E-state index < -0.39 is 6.10 Å². The quantitative estimate of drug-likeness (QED) is 0.706. The first-order valence-corrected chi connectivity index (χ1v) is 8.72. The molecule has 0 spiro atoms. The van der Waals surface area contributed by atoms with Crippen molar-refractivity contribution < 1.29 is 9.84 Å². The molecule has 3 aromatic rings. The molecule has 2 aromatic heterocycles. The van der Waals surface area contributed by atoms with E-state index in [0.29, 0.717) is 0 Å². The van der Waals surface area contributed by atoms with Crippen molar-refractivity contribution in [2.45, 2.75) is 45.0 Å². The van der Waals surface area contributed by atoms with E-state index in [1.165, 1.54) is 11.3 Å². The normalized spacial score (nSPS) is 21.1. The number of hydrogen-bond donors (Lipinski definition) is 1. The molecule has 3 heteroatoms. The van der Waals surface area contributed by atoms with E-state index in [2.05, 4.69) is 30.5 Å². The van der Waals surface area contributed by atoms with Crippen molar-refractivity contribution in [2.24, 2.45) is 0 Å². The Morgan fingerprint density at radius 1 is 1.12 bits per heavy atom. The summed E-state index contributed by atoms with van der Waals surface area (Å²) in [6, 6.07) is 16.1. The van der Waals surface area contributed by atoms with E-state index in [9.17, 15) is 5.11 Å². The zero-order chi connectivity index (χ0) is 16.7. The predicted octanol–water partition coefficient (Wildman–Crippen LogP) is 4.43. The van der Waals surface area contributed by atoms with Gasteiger partial charge < -0.3 is 14.2 Å². The maximum Gasteiger partial charge on any atom is 0.124 e. The molecule has 0 radical (unpaired) electrons. The number of benzene rings is 1. The number of aromatic nitrogens is 1. The highest BCUT2D eigenvalue weighted by atomic mass is 16.6. The zero-order valence-electron chi connectivity index (χ0n) is 14.1. The summed E-state index contributed by atoms with van der Waals surface area (Å²) in [5.74, 6) is 0. The van der Waals surface area contributed by atoms with Gasteiger partial charge in [0.1, 0.15) is 12.2 Å². The van der Waals surface area contributed by atoms with Crippen LogP contribution < -0.4 is 0 Å². The third kappa shape index (κ3) is 2.45. The smallest absolute Gasteiger partial charge is 0.124 e. The van der Waals surface area contributed by atoms with Crippen LogP contribution in [-0.4, -0.2) is 15.6 Å². The fourth-order valence-corrected chi connectivity index (χ4v) is 3.71. The second-order valence-corrected chi connectivity index (χ2v) is 6.56. The predicted molar refractivity (Wildman–Crippen MR) is 95.2 cm³/mol. The van der Waals surface area contributed by atoms with Crippen LogP contribution in [0.2, 0.25) is 0 Å². The number of fused-ring (bicyclic) bond motifs is 1. The Morgan fingerprint density at radius 2 is 1.83 bits per heavy atom. The van der Waals surface area contributed by atoms with Crippen LogP contribution in [0.5, 0.6) is 0 Å². The third-order valence-corrected chi connectivity index (χ3v) is 4.90. The highest BCUT2D eigenvalue weighted by Crippen LogP contribution is 2.45. The summed E-state index contributed by atoms with van der Waals surface area (Å²) in [4.78, 5) is 0. The molecule has 0 bridgehead atoms. The van der Waals surface area contributed by atoms with Gasteiger partial charge in [-0.25, -0.2) is 0 Å². The summed E-state index contributed by atoms with van der Waals surface area (Å²) in [6.45, 7) is 4.29. The maximum atomic E-state index is 11.1. The van der Waals surface area contributed by atoms with Crippen molar-refractivity contribution in [1.29, 1.82) is 0 Å². The second-order valence-electron chi connectivity index (χ2n) is 6.56. The maximum absolute atomic E-state index is 11.1. The lowest BCUT2D eigenvalue weighted by molar-refractivity contribution is 0.221. The van der Waals surface area contributed by atoms with Gasteiger partial charge in [0.15, 0.2) is 0 Å². The second kappa shape index (κ2) is 6.08. The topological polar surface area (TPSA) is 37.2 Å². The van der Waals surface area contributed by atoms with Crippen molar-refractivity contribution in [3.8, 4) is 0 Å². The summed E-state index contributed by atoms with van der Waals surface area (Å²) in [5, 5.41) is 11.1. The Morgan fingerprint density at radius 3 is 2.50 bits per heavy atom. The van der Waals surface area contributed by atoms with Crippen LogP contribution in [-0.2, 0) is 11.2 Å². The Balaban J connectivity index is 1.95. The molecule has 1 N–H and O–H groups in total. The van der Waals surface area contributed by atoms with E-state index in [1.54, 1.807) is 0 Å². The Labute approximate surface area is 142 Å². The van der Waals surface area contributed by atoms with Gasteiger partial charge in [-0.05, 0) is 36.6 Å². The van der Waals surface area contributed by atoms with Gasteiger partial charge in [0, 0.05) is 11.8 Å². The number of ether oxygens (including phenoxy) is 1. The lowest BCUT2D eigenvalue weighted by Crippen LogP contribution is -2.03. The van der Waals surface area contributed by atoms with Gasteiger partial charge in [0.2, 0.25) is 0 Å². The molecule has 0 saturated carbocycles. The molecule has 3 heterocycles. The zero-order valence-corrected chi connectivity index (χ0v) is 14.1. The first-order chi connectivity index (χ1) is 11.7. The van der Waals surface area contributed by atoms with Crippen LogP contribution in [0.15, 0.2) is 54.7 Å². The molecular weight excluding hydrogens is 298 g/mol. The fourth-order valence-electron chi connectivity index (χ4n) is 3.71. The number of nitrogens with zero attached hydrogens (tertiary/aromatic N) is 1. The number of pyridine rings is 1. The van der Waals surface area contributed by atoms with Crippen LogP contribution in [0.3, 0.4) is 0 Å². The van der Waals surface area contributed by atoms with Gasteiger partial charge in [-0.3, -0.25) is 0 Å². The average Bonchev–Trinajstić information content (AvgIpc) is 3.24. The Bertz CT molecular complexity index is 853. The summed E-state index contributed by atoms with van der Waals surface area (Å²) >= 11 is 0. The molecule has 124 valence electrons. The van der Waals surface area contributed by atoms with Crippen molar-refractivity contribution in [3.05, 3.63) is 77.1 Å². The van der Waals surface area contributed by atoms with E-state index in [-0.39, 0.29) is 12.2 Å². The first kappa shape index (κ1) is 15.4. The SMILES string of the molecule is CCCc1c(C(O)c2ccccc2)c2ccccn2c1C1OC1C. The first-order valence-electron chi connectivity index (χ1n) is 8.72. The third-order valence-electron chi connectivity index (χ3n) is 4.90. The summed E-state index contributed by atoms with van der Waals surface area (Å²) < 4.78 is 8.00. The number of hydrogen-bond acceptors (Lipinski definition) is 2. The molecule has 1 aromatic carbocycles. The van der Waals surface area contributed by atoms with Crippen LogP contribution >= 0.6 is 0 Å². The van der Waals surface area contributed by atoms with E-state index in [1.807, 2.05) is 42.5 Å². The molecular formula is C21H23NO2. The number of aliphatic hydroxyl groups is 1. The number of rotatable bonds is 5. The van der Waals surface area contributed by atoms with Crippen LogP contribution in [0.1, 0.15) is 54.9 Å². The van der Waals surface area contributed by atoms with E-state index >= 15 is 0 Å². The van der Waals surface area contributed by atoms with Gasteiger partial charge in [0.25, 0.3) is 0 Å². The van der Waals surface area contributed by atoms with Crippen molar-refractivity contribution >= 4 is 5.52 Å². The Hall–Kier alpha value is -2.10. The minimum atomic E-state index is -0.618. The largest absolute Gasteiger partial charge is 0.384 e. The van der Waals surface area contributed by atoms with Crippen molar-refractivity contribution in [1.82, 2.24) is 4.40 Å². The number of aliphatic hydroxyl groups excluding tert-OH is 1. The summed E-state index contributed by atoms with van der Waals surface area (Å²) in [7, 11) is 0. The summed E-state index contributed by atoms with van der Waals surface area (Å²) in [5.41, 5.74) is 5.50. The van der Waals surface area contributed by atoms with Gasteiger partial charge in [-0.15, -0.1) is 0 Å². The molecule has 3 atom stereocenters. The molecule has 0 amide bonds. The average molecular weight is 321 g/mol. The molecule has 4 rings (SSSR count). The molecule has 1 aliphatic heterocycles. The summed E-state index contributed by atoms with van der Waals surface area (Å²) in [6.07, 6.45) is 3.84. The molecule has 24 heavy (non-hydrogen) atoms. The molecule has 1 saturated heterocycles. The van der Waals surface area contributed by atoms with Crippen LogP contribution in [0, 0.1) is 0 Å². The standard InChI is InChI=1S/C21H23NO2/c1-3-9-16-18(20(23)15-10-5-4-6-11-15)17-12-7-8-13-22(17)19(16)21-14(2)24-21/h4-8,10-14,20-21,23H,3,9H2,1-2H3. The van der Waals surface area contributed by atoms with Crippen LogP contribution in [0.4, 0.5) is 0 Å². The van der Waals surface area contributed by atoms with Gasteiger partial charge >= 0.3 is 0 Å². The highest BCUT2D eigenvalue weighted by molar-refractivity contribution is 5.65. The molecule has 3 nitrogen and oxygen atoms in total. The molecule has 1 fully saturated rings. The van der Waals surface area contributed by atoms with Gasteiger partial charge in [-0.2, -0.15) is 0 Å². The minimum Gasteiger partial charge on any atom is -0.384 e. The van der Waals surface area contributed by atoms with Gasteiger partial charge in [0.05, 0.1) is 17.3 Å². The highest BCUT2D eigenvalue weighted by Gasteiger charge is 2.41. The van der Waals surface area contributed by atoms with Crippen LogP contribution in [0.25, 0.3) is 5.52 Å². The van der Waals surface area contributed by atoms with Gasteiger partial charge in [-0.1, -0.05) is 49.7 Å². The number of epoxide rings is 1. The molecule has 1 aliphatic rings. The molecule has 0 aliphatic carbocycles. The Kier molecular flexibility index (Phi) is 3.91. The van der Waals surface area contributed by atoms with E-state index in [4.69, 9.17) is 4.74 Å². The minimum absolute atomic E-state index is 0.137. The monoisotopic (exact) mass is 321 g/mol.